The summed E-state index contributed by atoms with van der Waals surface area (Å²) in [7, 11) is 0. The second-order valence-electron chi connectivity index (χ2n) is 6.34. The van der Waals surface area contributed by atoms with E-state index in [1.165, 1.54) is 0 Å². The largest absolute Gasteiger partial charge is 0.386 e. The number of hydrogen-bond donors (Lipinski definition) is 0. The predicted octanol–water partition coefficient (Wildman–Crippen LogP) is 4.44. The Balaban J connectivity index is 2.03. The Kier molecular flexibility index (Phi) is 4.06. The fourth-order valence-corrected chi connectivity index (χ4v) is 3.66. The van der Waals surface area contributed by atoms with Crippen molar-refractivity contribution in [1.82, 2.24) is 0 Å². The standard InChI is InChI=1S/C22H18O3/c23-21-19(17-13-7-8-14-17)20(22(24)25-21)18(15-9-3-1-4-10-15)16-11-5-2-6-12-16/h1-6,9-12H,7-8,13-14H2. The van der Waals surface area contributed by atoms with Crippen LogP contribution in [0, 0.1) is 0 Å². The van der Waals surface area contributed by atoms with Crippen molar-refractivity contribution in [1.29, 1.82) is 0 Å². The molecular formula is C22H18O3. The first-order chi connectivity index (χ1) is 12.3. The minimum absolute atomic E-state index is 0.416. The van der Waals surface area contributed by atoms with Crippen LogP contribution in [0.4, 0.5) is 0 Å². The average Bonchev–Trinajstić information content (AvgIpc) is 3.25. The summed E-state index contributed by atoms with van der Waals surface area (Å²) in [6.45, 7) is 0. The van der Waals surface area contributed by atoms with Crippen molar-refractivity contribution >= 4 is 17.5 Å². The Bertz CT molecular complexity index is 840. The van der Waals surface area contributed by atoms with E-state index in [0.29, 0.717) is 11.1 Å². The SMILES string of the molecule is O=C1OC(=O)C(=C(c2ccccc2)c2ccccc2)C1=C1CCCC1. The molecule has 0 unspecified atom stereocenters. The third-order valence-electron chi connectivity index (χ3n) is 4.78. The van der Waals surface area contributed by atoms with Gasteiger partial charge in [-0.25, -0.2) is 9.59 Å². The van der Waals surface area contributed by atoms with Crippen LogP contribution < -0.4 is 0 Å². The lowest BCUT2D eigenvalue weighted by Crippen LogP contribution is -2.03. The number of hydrogen-bond acceptors (Lipinski definition) is 3. The summed E-state index contributed by atoms with van der Waals surface area (Å²) in [5, 5.41) is 0. The van der Waals surface area contributed by atoms with E-state index in [1.54, 1.807) is 0 Å². The minimum atomic E-state index is -0.540. The van der Waals surface area contributed by atoms with Gasteiger partial charge in [-0.15, -0.1) is 0 Å². The third kappa shape index (κ3) is 2.82. The Hall–Kier alpha value is -2.94. The van der Waals surface area contributed by atoms with Gasteiger partial charge in [0.2, 0.25) is 0 Å². The number of carbonyl (C=O) groups excluding carboxylic acids is 2. The summed E-state index contributed by atoms with van der Waals surface area (Å²) >= 11 is 0. The molecule has 25 heavy (non-hydrogen) atoms. The molecule has 4 rings (SSSR count). The lowest BCUT2D eigenvalue weighted by molar-refractivity contribution is -0.149. The van der Waals surface area contributed by atoms with Gasteiger partial charge in [0.25, 0.3) is 0 Å². The molecule has 3 nitrogen and oxygen atoms in total. The topological polar surface area (TPSA) is 43.4 Å². The molecular weight excluding hydrogens is 312 g/mol. The molecule has 0 radical (unpaired) electrons. The Morgan fingerprint density at radius 1 is 0.720 bits per heavy atom. The maximum Gasteiger partial charge on any atom is 0.347 e. The summed E-state index contributed by atoms with van der Waals surface area (Å²) in [6.07, 6.45) is 3.83. The molecule has 1 saturated heterocycles. The van der Waals surface area contributed by atoms with Crippen molar-refractivity contribution in [3.05, 3.63) is 88.5 Å². The number of rotatable bonds is 2. The van der Waals surface area contributed by atoms with Gasteiger partial charge < -0.3 is 4.74 Å². The highest BCUT2D eigenvalue weighted by Gasteiger charge is 2.39. The van der Waals surface area contributed by atoms with Crippen molar-refractivity contribution in [2.24, 2.45) is 0 Å². The molecule has 0 spiro atoms. The van der Waals surface area contributed by atoms with Gasteiger partial charge in [-0.3, -0.25) is 0 Å². The molecule has 1 saturated carbocycles. The summed E-state index contributed by atoms with van der Waals surface area (Å²) in [5.41, 5.74) is 4.55. The van der Waals surface area contributed by atoms with Crippen LogP contribution in [0.3, 0.4) is 0 Å². The van der Waals surface area contributed by atoms with Crippen molar-refractivity contribution in [2.75, 3.05) is 0 Å². The van der Waals surface area contributed by atoms with Gasteiger partial charge in [-0.05, 0) is 36.8 Å². The van der Waals surface area contributed by atoms with Crippen LogP contribution in [-0.2, 0) is 14.3 Å². The molecule has 0 aromatic heterocycles. The van der Waals surface area contributed by atoms with Crippen molar-refractivity contribution < 1.29 is 14.3 Å². The van der Waals surface area contributed by atoms with E-state index in [-0.39, 0.29) is 0 Å². The monoisotopic (exact) mass is 330 g/mol. The van der Waals surface area contributed by atoms with Gasteiger partial charge >= 0.3 is 11.9 Å². The zero-order chi connectivity index (χ0) is 17.2. The molecule has 0 N–H and O–H groups in total. The van der Waals surface area contributed by atoms with E-state index < -0.39 is 11.9 Å². The molecule has 0 amide bonds. The first-order valence-electron chi connectivity index (χ1n) is 8.59. The van der Waals surface area contributed by atoms with Crippen LogP contribution >= 0.6 is 0 Å². The lowest BCUT2D eigenvalue weighted by Gasteiger charge is -2.12. The average molecular weight is 330 g/mol. The summed E-state index contributed by atoms with van der Waals surface area (Å²) < 4.78 is 5.03. The first kappa shape index (κ1) is 15.6. The predicted molar refractivity (Wildman–Crippen MR) is 95.5 cm³/mol. The van der Waals surface area contributed by atoms with Crippen LogP contribution in [-0.4, -0.2) is 11.9 Å². The number of allylic oxidation sites excluding steroid dienone is 1. The van der Waals surface area contributed by atoms with Gasteiger partial charge in [0.05, 0.1) is 11.1 Å². The molecule has 1 heterocycles. The molecule has 2 aromatic carbocycles. The fraction of sp³-hybridized carbons (Fsp3) is 0.182. The second kappa shape index (κ2) is 6.52. The number of carbonyl (C=O) groups is 2. The van der Waals surface area contributed by atoms with Gasteiger partial charge in [-0.2, -0.15) is 0 Å². The molecule has 3 heteroatoms. The van der Waals surface area contributed by atoms with Crippen LogP contribution in [0.2, 0.25) is 0 Å². The molecule has 1 aliphatic heterocycles. The summed E-state index contributed by atoms with van der Waals surface area (Å²) in [6, 6.07) is 19.4. The van der Waals surface area contributed by atoms with E-state index in [1.807, 2.05) is 60.7 Å². The molecule has 1 aliphatic carbocycles. The lowest BCUT2D eigenvalue weighted by atomic mass is 9.88. The molecule has 2 fully saturated rings. The third-order valence-corrected chi connectivity index (χ3v) is 4.78. The van der Waals surface area contributed by atoms with Crippen LogP contribution in [0.1, 0.15) is 36.8 Å². The number of ether oxygens (including phenoxy) is 1. The van der Waals surface area contributed by atoms with Gasteiger partial charge in [0, 0.05) is 5.57 Å². The molecule has 0 atom stereocenters. The zero-order valence-corrected chi connectivity index (χ0v) is 13.8. The maximum absolute atomic E-state index is 12.6. The number of benzene rings is 2. The Morgan fingerprint density at radius 3 is 1.76 bits per heavy atom. The number of esters is 2. The van der Waals surface area contributed by atoms with E-state index in [0.717, 1.165) is 48.0 Å². The highest BCUT2D eigenvalue weighted by atomic mass is 16.6. The molecule has 0 bridgehead atoms. The van der Waals surface area contributed by atoms with Crippen molar-refractivity contribution in [3.8, 4) is 0 Å². The van der Waals surface area contributed by atoms with Crippen molar-refractivity contribution in [2.45, 2.75) is 25.7 Å². The Labute approximate surface area is 146 Å². The van der Waals surface area contributed by atoms with Gasteiger partial charge in [0.1, 0.15) is 0 Å². The van der Waals surface area contributed by atoms with Crippen LogP contribution in [0.25, 0.3) is 5.57 Å². The van der Waals surface area contributed by atoms with E-state index >= 15 is 0 Å². The first-order valence-corrected chi connectivity index (χ1v) is 8.59. The van der Waals surface area contributed by atoms with Gasteiger partial charge in [0.15, 0.2) is 0 Å². The zero-order valence-electron chi connectivity index (χ0n) is 13.8. The summed E-state index contributed by atoms with van der Waals surface area (Å²) in [4.78, 5) is 25.0. The van der Waals surface area contributed by atoms with Crippen LogP contribution in [0.15, 0.2) is 77.4 Å². The fourth-order valence-electron chi connectivity index (χ4n) is 3.66. The van der Waals surface area contributed by atoms with Crippen molar-refractivity contribution in [3.63, 3.8) is 0 Å². The smallest absolute Gasteiger partial charge is 0.347 e. The van der Waals surface area contributed by atoms with Gasteiger partial charge in [-0.1, -0.05) is 66.2 Å². The van der Waals surface area contributed by atoms with E-state index in [2.05, 4.69) is 0 Å². The quantitative estimate of drug-likeness (QED) is 0.464. The second-order valence-corrected chi connectivity index (χ2v) is 6.34. The van der Waals surface area contributed by atoms with Crippen LogP contribution in [0.5, 0.6) is 0 Å². The van der Waals surface area contributed by atoms with E-state index in [9.17, 15) is 9.59 Å². The molecule has 124 valence electrons. The minimum Gasteiger partial charge on any atom is -0.386 e. The summed E-state index contributed by atoms with van der Waals surface area (Å²) in [5.74, 6) is -1.04. The van der Waals surface area contributed by atoms with E-state index in [4.69, 9.17) is 4.74 Å². The molecule has 2 aromatic rings. The normalized spacial score (nSPS) is 17.2. The number of cyclic esters (lactones) is 2. The Morgan fingerprint density at radius 2 is 1.24 bits per heavy atom. The highest BCUT2D eigenvalue weighted by molar-refractivity contribution is 6.23. The molecule has 2 aliphatic rings. The maximum atomic E-state index is 12.6. The highest BCUT2D eigenvalue weighted by Crippen LogP contribution is 2.40.